The number of aryl methyl sites for hydroxylation is 1. The van der Waals surface area contributed by atoms with Crippen molar-refractivity contribution >= 4 is 49.8 Å². The minimum absolute atomic E-state index is 0.119. The van der Waals surface area contributed by atoms with Gasteiger partial charge in [0.25, 0.3) is 10.0 Å². The highest BCUT2D eigenvalue weighted by molar-refractivity contribution is 7.98. The van der Waals surface area contributed by atoms with E-state index in [4.69, 9.17) is 0 Å². The molecule has 0 unspecified atom stereocenters. The number of nitrogens with one attached hydrogen (secondary N) is 1. The molecule has 5 rings (SSSR count). The zero-order valence-electron chi connectivity index (χ0n) is 19.4. The third kappa shape index (κ3) is 4.79. The zero-order valence-corrected chi connectivity index (χ0v) is 21.0. The Morgan fingerprint density at radius 2 is 1.71 bits per heavy atom. The van der Waals surface area contributed by atoms with Crippen molar-refractivity contribution in [3.8, 4) is 0 Å². The number of carbonyl (C=O) groups excluding carboxylic acids is 1. The summed E-state index contributed by atoms with van der Waals surface area (Å²) in [7, 11) is -3.59. The predicted octanol–water partition coefficient (Wildman–Crippen LogP) is 6.37. The van der Waals surface area contributed by atoms with Crippen LogP contribution < -0.4 is 9.62 Å². The molecule has 178 valence electrons. The molecule has 35 heavy (non-hydrogen) atoms. The molecule has 1 aliphatic heterocycles. The largest absolute Gasteiger partial charge is 0.326 e. The first-order valence-corrected chi connectivity index (χ1v) is 14.0. The normalized spacial score (nSPS) is 13.8. The monoisotopic (exact) mass is 502 g/mol. The van der Waals surface area contributed by atoms with Crippen LogP contribution in [0.2, 0.25) is 0 Å². The Morgan fingerprint density at radius 1 is 0.943 bits per heavy atom. The van der Waals surface area contributed by atoms with E-state index in [2.05, 4.69) is 23.5 Å². The van der Waals surface area contributed by atoms with Crippen LogP contribution in [-0.2, 0) is 20.6 Å². The standard InChI is InChI=1S/C28H26N2O3S2/c1-20-18-21(19-34-23-10-3-2-4-11-23)15-16-24(20)29-27(31)14-7-17-30-25-12-5-8-22-9-6-13-26(28(22)25)35(30,32)33/h2-6,8-13,15-16,18H,7,14,17,19H2,1H3,(H,29,31). The van der Waals surface area contributed by atoms with Crippen molar-refractivity contribution in [3.63, 3.8) is 0 Å². The average molecular weight is 503 g/mol. The molecule has 1 heterocycles. The van der Waals surface area contributed by atoms with Gasteiger partial charge in [-0.2, -0.15) is 0 Å². The van der Waals surface area contributed by atoms with Crippen molar-refractivity contribution < 1.29 is 13.2 Å². The second-order valence-electron chi connectivity index (χ2n) is 8.61. The SMILES string of the molecule is Cc1cc(CSc2ccccc2)ccc1NC(=O)CCCN1c2cccc3cccc(c23)S1(=O)=O. The zero-order chi connectivity index (χ0) is 24.4. The first kappa shape index (κ1) is 23.5. The quantitative estimate of drug-likeness (QED) is 0.284. The topological polar surface area (TPSA) is 66.5 Å². The fraction of sp³-hybridized carbons (Fsp3) is 0.179. The molecule has 4 aromatic rings. The summed E-state index contributed by atoms with van der Waals surface area (Å²) in [5, 5.41) is 4.65. The molecule has 0 saturated carbocycles. The fourth-order valence-electron chi connectivity index (χ4n) is 4.43. The minimum Gasteiger partial charge on any atom is -0.326 e. The van der Waals surface area contributed by atoms with E-state index in [1.54, 1.807) is 23.9 Å². The van der Waals surface area contributed by atoms with Gasteiger partial charge >= 0.3 is 0 Å². The summed E-state index contributed by atoms with van der Waals surface area (Å²) in [4.78, 5) is 14.2. The van der Waals surface area contributed by atoms with Crippen LogP contribution in [0.4, 0.5) is 11.4 Å². The van der Waals surface area contributed by atoms with Crippen LogP contribution in [-0.4, -0.2) is 20.9 Å². The molecule has 5 nitrogen and oxygen atoms in total. The molecular formula is C28H26N2O3S2. The number of rotatable bonds is 8. The van der Waals surface area contributed by atoms with Gasteiger partial charge in [-0.15, -0.1) is 11.8 Å². The highest BCUT2D eigenvalue weighted by Crippen LogP contribution is 2.42. The van der Waals surface area contributed by atoms with Crippen LogP contribution >= 0.6 is 11.8 Å². The fourth-order valence-corrected chi connectivity index (χ4v) is 7.05. The second-order valence-corrected chi connectivity index (χ2v) is 11.5. The highest BCUT2D eigenvalue weighted by atomic mass is 32.2. The van der Waals surface area contributed by atoms with Gasteiger partial charge in [-0.25, -0.2) is 8.42 Å². The van der Waals surface area contributed by atoms with E-state index < -0.39 is 10.0 Å². The van der Waals surface area contributed by atoms with Crippen LogP contribution in [0.25, 0.3) is 10.8 Å². The molecule has 1 aliphatic rings. The molecule has 0 spiro atoms. The van der Waals surface area contributed by atoms with E-state index in [1.165, 1.54) is 14.8 Å². The van der Waals surface area contributed by atoms with Crippen molar-refractivity contribution in [2.24, 2.45) is 0 Å². The van der Waals surface area contributed by atoms with Gasteiger partial charge in [0.05, 0.1) is 10.6 Å². The third-order valence-electron chi connectivity index (χ3n) is 6.16. The summed E-state index contributed by atoms with van der Waals surface area (Å²) in [6, 6.07) is 27.3. The summed E-state index contributed by atoms with van der Waals surface area (Å²) >= 11 is 1.78. The Hall–Kier alpha value is -3.29. The van der Waals surface area contributed by atoms with Gasteiger partial charge in [0, 0.05) is 34.7 Å². The minimum atomic E-state index is -3.59. The molecule has 0 radical (unpaired) electrons. The number of hydrogen-bond donors (Lipinski definition) is 1. The van der Waals surface area contributed by atoms with Gasteiger partial charge < -0.3 is 5.32 Å². The molecule has 0 aromatic heterocycles. The lowest BCUT2D eigenvalue weighted by molar-refractivity contribution is -0.116. The summed E-state index contributed by atoms with van der Waals surface area (Å²) in [5.74, 6) is 0.741. The van der Waals surface area contributed by atoms with Crippen LogP contribution in [0.3, 0.4) is 0 Å². The van der Waals surface area contributed by atoms with Crippen molar-refractivity contribution in [3.05, 3.63) is 96.1 Å². The lowest BCUT2D eigenvalue weighted by Gasteiger charge is -2.18. The Bertz CT molecular complexity index is 1500. The maximum Gasteiger partial charge on any atom is 0.265 e. The van der Waals surface area contributed by atoms with Gasteiger partial charge in [-0.3, -0.25) is 9.10 Å². The third-order valence-corrected chi connectivity index (χ3v) is 9.10. The first-order valence-electron chi connectivity index (χ1n) is 11.6. The number of hydrogen-bond acceptors (Lipinski definition) is 4. The molecule has 0 saturated heterocycles. The van der Waals surface area contributed by atoms with E-state index in [9.17, 15) is 13.2 Å². The number of nitrogens with zero attached hydrogens (tertiary/aromatic N) is 1. The lowest BCUT2D eigenvalue weighted by Crippen LogP contribution is -2.29. The van der Waals surface area contributed by atoms with Crippen LogP contribution in [0.1, 0.15) is 24.0 Å². The van der Waals surface area contributed by atoms with Gasteiger partial charge in [-0.05, 0) is 60.2 Å². The molecule has 1 N–H and O–H groups in total. The van der Waals surface area contributed by atoms with Gasteiger partial charge in [0.15, 0.2) is 0 Å². The van der Waals surface area contributed by atoms with Crippen LogP contribution in [0.5, 0.6) is 0 Å². The van der Waals surface area contributed by atoms with Crippen molar-refractivity contribution in [2.75, 3.05) is 16.2 Å². The maximum absolute atomic E-state index is 13.1. The predicted molar refractivity (Wildman–Crippen MR) is 144 cm³/mol. The van der Waals surface area contributed by atoms with Crippen LogP contribution in [0.15, 0.2) is 94.7 Å². The van der Waals surface area contributed by atoms with Gasteiger partial charge in [0.1, 0.15) is 0 Å². The summed E-state index contributed by atoms with van der Waals surface area (Å²) in [6.07, 6.45) is 0.670. The molecule has 1 amide bonds. The summed E-state index contributed by atoms with van der Waals surface area (Å²) in [5.41, 5.74) is 3.68. The molecule has 4 aromatic carbocycles. The number of sulfonamides is 1. The molecular weight excluding hydrogens is 476 g/mol. The number of thioether (sulfide) groups is 1. The number of anilines is 2. The first-order chi connectivity index (χ1) is 16.9. The number of benzene rings is 4. The van der Waals surface area contributed by atoms with E-state index in [-0.39, 0.29) is 18.9 Å². The van der Waals surface area contributed by atoms with E-state index in [0.717, 1.165) is 27.8 Å². The van der Waals surface area contributed by atoms with Crippen molar-refractivity contribution in [2.45, 2.75) is 35.3 Å². The Balaban J connectivity index is 1.18. The lowest BCUT2D eigenvalue weighted by atomic mass is 10.1. The Kier molecular flexibility index (Phi) is 6.54. The molecule has 0 aliphatic carbocycles. The van der Waals surface area contributed by atoms with E-state index >= 15 is 0 Å². The van der Waals surface area contributed by atoms with Gasteiger partial charge in [-0.1, -0.05) is 54.6 Å². The maximum atomic E-state index is 13.1. The Labute approximate surface area is 210 Å². The molecule has 0 bridgehead atoms. The van der Waals surface area contributed by atoms with E-state index in [1.807, 2.05) is 61.5 Å². The summed E-state index contributed by atoms with van der Waals surface area (Å²) in [6.45, 7) is 2.25. The second kappa shape index (κ2) is 9.76. The van der Waals surface area contributed by atoms with E-state index in [0.29, 0.717) is 17.0 Å². The smallest absolute Gasteiger partial charge is 0.265 e. The molecule has 7 heteroatoms. The number of amides is 1. The Morgan fingerprint density at radius 3 is 2.49 bits per heavy atom. The average Bonchev–Trinajstić information content (AvgIpc) is 3.08. The summed E-state index contributed by atoms with van der Waals surface area (Å²) < 4.78 is 27.6. The number of carbonyl (C=O) groups is 1. The van der Waals surface area contributed by atoms with Crippen LogP contribution in [0, 0.1) is 6.92 Å². The molecule has 0 fully saturated rings. The molecule has 0 atom stereocenters. The van der Waals surface area contributed by atoms with Crippen molar-refractivity contribution in [1.82, 2.24) is 0 Å². The van der Waals surface area contributed by atoms with Gasteiger partial charge in [0.2, 0.25) is 5.91 Å². The highest BCUT2D eigenvalue weighted by Gasteiger charge is 2.35. The van der Waals surface area contributed by atoms with Crippen molar-refractivity contribution in [1.29, 1.82) is 0 Å².